The van der Waals surface area contributed by atoms with Crippen molar-refractivity contribution >= 4 is 39.8 Å². The van der Waals surface area contributed by atoms with Crippen LogP contribution in [0, 0.1) is 18.8 Å². The first-order valence-electron chi connectivity index (χ1n) is 8.47. The van der Waals surface area contributed by atoms with Crippen LogP contribution < -0.4 is 11.1 Å². The fourth-order valence-electron chi connectivity index (χ4n) is 2.86. The highest BCUT2D eigenvalue weighted by Gasteiger charge is 2.34. The Morgan fingerprint density at radius 3 is 2.48 bits per heavy atom. The van der Waals surface area contributed by atoms with Crippen molar-refractivity contribution in [2.45, 2.75) is 45.8 Å². The summed E-state index contributed by atoms with van der Waals surface area (Å²) in [7, 11) is 0. The van der Waals surface area contributed by atoms with Gasteiger partial charge in [-0.15, -0.1) is 12.8 Å². The van der Waals surface area contributed by atoms with Crippen LogP contribution in [-0.2, 0) is 4.79 Å². The molecule has 2 heterocycles. The first-order valence-corrected chi connectivity index (χ1v) is 9.26. The van der Waals surface area contributed by atoms with E-state index in [1.807, 2.05) is 33.6 Å². The van der Waals surface area contributed by atoms with Crippen molar-refractivity contribution in [3.63, 3.8) is 0 Å². The molecule has 1 aliphatic rings. The zero-order valence-electron chi connectivity index (χ0n) is 15.8. The van der Waals surface area contributed by atoms with Crippen molar-refractivity contribution in [3.8, 4) is 12.8 Å². The van der Waals surface area contributed by atoms with Gasteiger partial charge in [-0.2, -0.15) is 5.10 Å². The largest absolute Gasteiger partial charge is 0.377 e. The molecule has 3 atom stereocenters. The smallest absolute Gasteiger partial charge is 0.252 e. The molecule has 1 aliphatic carbocycles. The lowest BCUT2D eigenvalue weighted by molar-refractivity contribution is -0.0980. The number of anilines is 1. The summed E-state index contributed by atoms with van der Waals surface area (Å²) in [5.74, 6) is -0.554. The Kier molecular flexibility index (Phi) is 11.0. The van der Waals surface area contributed by atoms with Crippen LogP contribution in [-0.4, -0.2) is 34.5 Å². The molecule has 2 aromatic heterocycles. The molecule has 148 valence electrons. The van der Waals surface area contributed by atoms with Crippen LogP contribution in [0.2, 0.25) is 0 Å². The van der Waals surface area contributed by atoms with E-state index >= 15 is 0 Å². The van der Waals surface area contributed by atoms with Crippen molar-refractivity contribution in [1.82, 2.24) is 9.61 Å². The average molecular weight is 441 g/mol. The van der Waals surface area contributed by atoms with Crippen molar-refractivity contribution in [1.29, 1.82) is 0 Å². The second-order valence-corrected chi connectivity index (χ2v) is 6.45. The van der Waals surface area contributed by atoms with E-state index in [2.05, 4.69) is 39.2 Å². The minimum absolute atomic E-state index is 0.0240. The average Bonchev–Trinajstić information content (AvgIpc) is 3.23. The lowest BCUT2D eigenvalue weighted by Crippen LogP contribution is -2.29. The number of nitrogens with zero attached hydrogens (tertiary/aromatic N) is 2. The second kappa shape index (κ2) is 12.1. The number of terminal acetylenes is 1. The van der Waals surface area contributed by atoms with Crippen LogP contribution >= 0.6 is 15.9 Å². The molecule has 0 spiro atoms. The first kappa shape index (κ1) is 24.6. The number of nitrogens with one attached hydrogen (secondary N) is 1. The highest BCUT2D eigenvalue weighted by Crippen LogP contribution is 2.33. The van der Waals surface area contributed by atoms with E-state index in [9.17, 15) is 9.18 Å². The molecule has 0 aliphatic heterocycles. The molecular formula is C19H26BrFN4O2. The summed E-state index contributed by atoms with van der Waals surface area (Å²) in [5, 5.41) is 7.31. The molecule has 1 saturated carbocycles. The maximum atomic E-state index is 14.2. The Labute approximate surface area is 167 Å². The van der Waals surface area contributed by atoms with Gasteiger partial charge in [0.2, 0.25) is 0 Å². The lowest BCUT2D eigenvalue weighted by Gasteiger charge is -2.20. The van der Waals surface area contributed by atoms with E-state index in [0.717, 1.165) is 17.3 Å². The van der Waals surface area contributed by atoms with E-state index in [1.165, 1.54) is 6.20 Å². The Balaban J connectivity index is 0.00000103. The van der Waals surface area contributed by atoms with Gasteiger partial charge in [0, 0.05) is 10.7 Å². The highest BCUT2D eigenvalue weighted by molar-refractivity contribution is 9.10. The van der Waals surface area contributed by atoms with Crippen molar-refractivity contribution < 1.29 is 14.0 Å². The fourth-order valence-corrected chi connectivity index (χ4v) is 3.27. The normalized spacial score (nSPS) is 20.2. The standard InChI is InChI=1S/C14H16BrFN4O.C2H6.C2H2.CH2O/c1-7-2-3-10(12(7)16)19-13-9(14(17)21)5-18-20-6-8(15)4-11(13)20;3*1-2/h4-7,10,12,19H,2-3H2,1H3,(H2,17,21);1-2H3;1-2H;1H2/t7-,10+,12-;;;/m0.../s1. The molecule has 3 rings (SSSR count). The number of primary amides is 1. The number of hydrogen-bond donors (Lipinski definition) is 2. The second-order valence-electron chi connectivity index (χ2n) is 5.54. The molecule has 0 aromatic carbocycles. The van der Waals surface area contributed by atoms with Gasteiger partial charge in [0.15, 0.2) is 0 Å². The number of amides is 1. The highest BCUT2D eigenvalue weighted by atomic mass is 79.9. The zero-order chi connectivity index (χ0) is 21.1. The minimum atomic E-state index is -0.933. The summed E-state index contributed by atoms with van der Waals surface area (Å²) in [4.78, 5) is 19.6. The van der Waals surface area contributed by atoms with Gasteiger partial charge in [0.1, 0.15) is 13.0 Å². The SMILES string of the molecule is C#C.C=O.CC.C[C@H]1CC[C@@H](Nc2c(C(N)=O)cnn3cc(Br)cc23)[C@H]1F. The van der Waals surface area contributed by atoms with Crippen LogP contribution in [0.1, 0.15) is 44.0 Å². The van der Waals surface area contributed by atoms with Gasteiger partial charge in [-0.25, -0.2) is 8.91 Å². The topological polar surface area (TPSA) is 89.5 Å². The Bertz CT molecular complexity index is 763. The van der Waals surface area contributed by atoms with Gasteiger partial charge in [-0.1, -0.05) is 20.8 Å². The van der Waals surface area contributed by atoms with E-state index in [-0.39, 0.29) is 17.5 Å². The third-order valence-corrected chi connectivity index (χ3v) is 4.49. The van der Waals surface area contributed by atoms with E-state index < -0.39 is 12.1 Å². The van der Waals surface area contributed by atoms with Crippen LogP contribution in [0.15, 0.2) is 22.9 Å². The number of aromatic nitrogens is 2. The molecule has 0 bridgehead atoms. The summed E-state index contributed by atoms with van der Waals surface area (Å²) in [6.07, 6.45) is 11.8. The number of alkyl halides is 1. The quantitative estimate of drug-likeness (QED) is 0.709. The van der Waals surface area contributed by atoms with Crippen molar-refractivity contribution in [2.24, 2.45) is 11.7 Å². The van der Waals surface area contributed by atoms with E-state index in [4.69, 9.17) is 10.5 Å². The number of hydrogen-bond acceptors (Lipinski definition) is 4. The first-order chi connectivity index (χ1) is 13.0. The Morgan fingerprint density at radius 2 is 2.00 bits per heavy atom. The molecule has 6 nitrogen and oxygen atoms in total. The van der Waals surface area contributed by atoms with Crippen LogP contribution in [0.4, 0.5) is 10.1 Å². The third-order valence-electron chi connectivity index (χ3n) is 4.06. The maximum absolute atomic E-state index is 14.2. The summed E-state index contributed by atoms with van der Waals surface area (Å²) in [6.45, 7) is 7.90. The van der Waals surface area contributed by atoms with Gasteiger partial charge in [-0.3, -0.25) is 4.79 Å². The van der Waals surface area contributed by atoms with Gasteiger partial charge < -0.3 is 15.8 Å². The number of fused-ring (bicyclic) bond motifs is 1. The zero-order valence-corrected chi connectivity index (χ0v) is 17.4. The Morgan fingerprint density at radius 1 is 1.41 bits per heavy atom. The van der Waals surface area contributed by atoms with Crippen LogP contribution in [0.25, 0.3) is 5.52 Å². The molecule has 1 fully saturated rings. The van der Waals surface area contributed by atoms with Crippen LogP contribution in [0.3, 0.4) is 0 Å². The van der Waals surface area contributed by atoms with E-state index in [1.54, 1.807) is 10.7 Å². The molecule has 0 saturated heterocycles. The van der Waals surface area contributed by atoms with Crippen LogP contribution in [0.5, 0.6) is 0 Å². The Hall–Kier alpha value is -2.40. The van der Waals surface area contributed by atoms with E-state index in [0.29, 0.717) is 11.2 Å². The monoisotopic (exact) mass is 440 g/mol. The fraction of sp³-hybridized carbons (Fsp3) is 0.421. The molecule has 0 unspecified atom stereocenters. The predicted octanol–water partition coefficient (Wildman–Crippen LogP) is 3.83. The van der Waals surface area contributed by atoms with Crippen molar-refractivity contribution in [3.05, 3.63) is 28.5 Å². The predicted molar refractivity (Wildman–Crippen MR) is 110 cm³/mol. The van der Waals surface area contributed by atoms with Gasteiger partial charge in [0.25, 0.3) is 5.91 Å². The summed E-state index contributed by atoms with van der Waals surface area (Å²) < 4.78 is 16.7. The molecule has 0 radical (unpaired) electrons. The van der Waals surface area contributed by atoms with Gasteiger partial charge in [-0.05, 0) is 40.8 Å². The molecular weight excluding hydrogens is 415 g/mol. The summed E-state index contributed by atoms with van der Waals surface area (Å²) >= 11 is 3.38. The lowest BCUT2D eigenvalue weighted by atomic mass is 10.1. The number of nitrogens with two attached hydrogens (primary N) is 1. The third kappa shape index (κ3) is 5.79. The molecule has 8 heteroatoms. The summed E-state index contributed by atoms with van der Waals surface area (Å²) in [6, 6.07) is 1.52. The minimum Gasteiger partial charge on any atom is -0.377 e. The molecule has 3 N–H and O–H groups in total. The van der Waals surface area contributed by atoms with Gasteiger partial charge >= 0.3 is 0 Å². The molecule has 27 heavy (non-hydrogen) atoms. The number of rotatable bonds is 3. The summed E-state index contributed by atoms with van der Waals surface area (Å²) in [5.41, 5.74) is 6.94. The molecule has 1 amide bonds. The maximum Gasteiger partial charge on any atom is 0.252 e. The number of halogens is 2. The molecule has 2 aromatic rings. The number of carbonyl (C=O) groups is 2. The van der Waals surface area contributed by atoms with Crippen molar-refractivity contribution in [2.75, 3.05) is 5.32 Å². The number of carbonyl (C=O) groups excluding carboxylic acids is 2. The van der Waals surface area contributed by atoms with Gasteiger partial charge in [0.05, 0.1) is 29.0 Å².